The van der Waals surface area contributed by atoms with Gasteiger partial charge in [0.05, 0.1) is 16.2 Å². The van der Waals surface area contributed by atoms with Crippen LogP contribution in [0.3, 0.4) is 0 Å². The number of anilines is 1. The van der Waals surface area contributed by atoms with Crippen LogP contribution in [0.4, 0.5) is 10.1 Å². The van der Waals surface area contributed by atoms with Gasteiger partial charge in [0.25, 0.3) is 5.91 Å². The first-order chi connectivity index (χ1) is 13.8. The fourth-order valence-corrected chi connectivity index (χ4v) is 3.86. The van der Waals surface area contributed by atoms with Crippen LogP contribution in [0.5, 0.6) is 0 Å². The van der Waals surface area contributed by atoms with Crippen molar-refractivity contribution < 1.29 is 19.1 Å². The highest BCUT2D eigenvalue weighted by Gasteiger charge is 2.28. The predicted molar refractivity (Wildman–Crippen MR) is 111 cm³/mol. The molecule has 0 radical (unpaired) electrons. The van der Waals surface area contributed by atoms with Gasteiger partial charge in [-0.15, -0.1) is 0 Å². The Bertz CT molecular complexity index is 1230. The number of hydrogen-bond acceptors (Lipinski definition) is 2. The van der Waals surface area contributed by atoms with Gasteiger partial charge < -0.3 is 15.4 Å². The number of fused-ring (bicyclic) bond motifs is 1. The third-order valence-corrected chi connectivity index (χ3v) is 5.33. The molecule has 7 heteroatoms. The average Bonchev–Trinajstić information content (AvgIpc) is 3.13. The zero-order valence-corrected chi connectivity index (χ0v) is 16.3. The lowest BCUT2D eigenvalue weighted by molar-refractivity contribution is -0.110. The molecule has 4 rings (SSSR count). The molecule has 5 nitrogen and oxygen atoms in total. The van der Waals surface area contributed by atoms with E-state index >= 15 is 0 Å². The first-order valence-electron chi connectivity index (χ1n) is 8.82. The van der Waals surface area contributed by atoms with E-state index in [-0.39, 0.29) is 16.5 Å². The Hall–Kier alpha value is -3.38. The number of aromatic carboxylic acids is 1. The normalized spacial score (nSPS) is 14.2. The highest BCUT2D eigenvalue weighted by molar-refractivity contribution is 6.36. The number of amides is 1. The lowest BCUT2D eigenvalue weighted by atomic mass is 9.94. The Morgan fingerprint density at radius 2 is 1.97 bits per heavy atom. The summed E-state index contributed by atoms with van der Waals surface area (Å²) in [6, 6.07) is 9.79. The molecular formula is C22H16ClFN2O3. The number of carboxylic acids is 1. The molecule has 2 aromatic carbocycles. The number of carbonyl (C=O) groups excluding carboxylic acids is 1. The van der Waals surface area contributed by atoms with Crippen molar-refractivity contribution in [2.45, 2.75) is 13.8 Å². The monoisotopic (exact) mass is 410 g/mol. The van der Waals surface area contributed by atoms with Gasteiger partial charge in [0, 0.05) is 22.6 Å². The average molecular weight is 411 g/mol. The van der Waals surface area contributed by atoms with Gasteiger partial charge in [-0.3, -0.25) is 4.79 Å². The molecule has 0 unspecified atom stereocenters. The van der Waals surface area contributed by atoms with Crippen LogP contribution in [0.25, 0.3) is 22.8 Å². The van der Waals surface area contributed by atoms with E-state index in [2.05, 4.69) is 10.3 Å². The molecule has 146 valence electrons. The van der Waals surface area contributed by atoms with E-state index in [0.717, 1.165) is 0 Å². The largest absolute Gasteiger partial charge is 0.478 e. The second kappa shape index (κ2) is 6.90. The number of aromatic amines is 1. The molecule has 0 saturated heterocycles. The molecule has 29 heavy (non-hydrogen) atoms. The summed E-state index contributed by atoms with van der Waals surface area (Å²) in [4.78, 5) is 27.2. The van der Waals surface area contributed by atoms with Crippen LogP contribution in [0.1, 0.15) is 32.9 Å². The minimum Gasteiger partial charge on any atom is -0.478 e. The maximum Gasteiger partial charge on any atom is 0.337 e. The summed E-state index contributed by atoms with van der Waals surface area (Å²) < 4.78 is 13.6. The highest BCUT2D eigenvalue weighted by atomic mass is 35.5. The number of benzene rings is 2. The molecule has 0 bridgehead atoms. The molecule has 0 saturated carbocycles. The number of carboxylic acid groups (broad SMARTS) is 1. The molecule has 1 amide bonds. The summed E-state index contributed by atoms with van der Waals surface area (Å²) >= 11 is 5.95. The van der Waals surface area contributed by atoms with Crippen molar-refractivity contribution in [3.05, 3.63) is 75.3 Å². The van der Waals surface area contributed by atoms with E-state index in [1.165, 1.54) is 12.1 Å². The van der Waals surface area contributed by atoms with Crippen LogP contribution in [0.15, 0.2) is 36.4 Å². The van der Waals surface area contributed by atoms with E-state index in [1.54, 1.807) is 38.1 Å². The topological polar surface area (TPSA) is 82.2 Å². The van der Waals surface area contributed by atoms with Crippen molar-refractivity contribution in [1.82, 2.24) is 4.98 Å². The zero-order valence-electron chi connectivity index (χ0n) is 15.6. The molecule has 2 heterocycles. The standard InChI is InChI=1S/C22H16ClFN2O3/c1-10-18(25-11(2)19(10)22(28)29)9-14-20-13(4-3-5-17(20)26-21(14)27)12-6-7-16(24)15(23)8-12/h3-9,25H,1-2H3,(H,26,27)(H,28,29)/b14-9-. The van der Waals surface area contributed by atoms with E-state index in [1.807, 2.05) is 6.07 Å². The summed E-state index contributed by atoms with van der Waals surface area (Å²) in [7, 11) is 0. The fraction of sp³-hybridized carbons (Fsp3) is 0.0909. The highest BCUT2D eigenvalue weighted by Crippen LogP contribution is 2.41. The van der Waals surface area contributed by atoms with Gasteiger partial charge in [-0.2, -0.15) is 0 Å². The Balaban J connectivity index is 1.91. The fourth-order valence-electron chi connectivity index (χ4n) is 3.68. The lowest BCUT2D eigenvalue weighted by Crippen LogP contribution is -2.03. The predicted octanol–water partition coefficient (Wildman–Crippen LogP) is 5.28. The quantitative estimate of drug-likeness (QED) is 0.513. The first-order valence-corrected chi connectivity index (χ1v) is 9.20. The lowest BCUT2D eigenvalue weighted by Gasteiger charge is -2.09. The maximum atomic E-state index is 13.6. The Kier molecular flexibility index (Phi) is 4.51. The van der Waals surface area contributed by atoms with Crippen molar-refractivity contribution in [3.8, 4) is 11.1 Å². The van der Waals surface area contributed by atoms with Crippen LogP contribution < -0.4 is 5.32 Å². The number of nitrogens with one attached hydrogen (secondary N) is 2. The van der Waals surface area contributed by atoms with Gasteiger partial charge in [0.2, 0.25) is 0 Å². The van der Waals surface area contributed by atoms with Crippen LogP contribution in [0.2, 0.25) is 5.02 Å². The zero-order chi connectivity index (χ0) is 20.9. The van der Waals surface area contributed by atoms with Crippen LogP contribution in [-0.4, -0.2) is 22.0 Å². The summed E-state index contributed by atoms with van der Waals surface area (Å²) in [5.74, 6) is -1.85. The van der Waals surface area contributed by atoms with Crippen molar-refractivity contribution in [3.63, 3.8) is 0 Å². The second-order valence-corrected chi connectivity index (χ2v) is 7.25. The number of aryl methyl sites for hydroxylation is 1. The molecule has 1 aliphatic rings. The number of aromatic nitrogens is 1. The van der Waals surface area contributed by atoms with Crippen molar-refractivity contribution in [2.75, 3.05) is 5.32 Å². The smallest absolute Gasteiger partial charge is 0.337 e. The minimum atomic E-state index is -1.03. The van der Waals surface area contributed by atoms with Crippen LogP contribution >= 0.6 is 11.6 Å². The molecule has 1 aliphatic heterocycles. The molecule has 3 aromatic rings. The van der Waals surface area contributed by atoms with E-state index < -0.39 is 11.8 Å². The number of rotatable bonds is 3. The molecule has 1 aromatic heterocycles. The van der Waals surface area contributed by atoms with E-state index in [0.29, 0.717) is 44.9 Å². The van der Waals surface area contributed by atoms with Gasteiger partial charge >= 0.3 is 5.97 Å². The molecule has 0 spiro atoms. The van der Waals surface area contributed by atoms with Gasteiger partial charge in [0.1, 0.15) is 5.82 Å². The summed E-state index contributed by atoms with van der Waals surface area (Å²) in [6.07, 6.45) is 1.64. The molecule has 0 aliphatic carbocycles. The van der Waals surface area contributed by atoms with Crippen LogP contribution in [0, 0.1) is 19.7 Å². The van der Waals surface area contributed by atoms with Gasteiger partial charge in [-0.05, 0) is 54.8 Å². The summed E-state index contributed by atoms with van der Waals surface area (Å²) in [5, 5.41) is 12.2. The Labute approximate surface area is 170 Å². The van der Waals surface area contributed by atoms with Crippen molar-refractivity contribution in [1.29, 1.82) is 0 Å². The maximum absolute atomic E-state index is 13.6. The number of halogens is 2. The Morgan fingerprint density at radius 3 is 2.62 bits per heavy atom. The van der Waals surface area contributed by atoms with Gasteiger partial charge in [-0.1, -0.05) is 29.8 Å². The van der Waals surface area contributed by atoms with Crippen LogP contribution in [-0.2, 0) is 4.79 Å². The molecule has 0 atom stereocenters. The van der Waals surface area contributed by atoms with Crippen molar-refractivity contribution in [2.24, 2.45) is 0 Å². The first kappa shape index (κ1) is 19.0. The summed E-state index contributed by atoms with van der Waals surface area (Å²) in [6.45, 7) is 3.37. The molecule has 0 fully saturated rings. The molecule has 3 N–H and O–H groups in total. The SMILES string of the molecule is Cc1[nH]c(/C=C2\C(=O)Nc3cccc(-c4ccc(F)c(Cl)c4)c32)c(C)c1C(=O)O. The number of carbonyl (C=O) groups is 2. The van der Waals surface area contributed by atoms with Gasteiger partial charge in [0.15, 0.2) is 0 Å². The minimum absolute atomic E-state index is 0.00940. The van der Waals surface area contributed by atoms with Crippen molar-refractivity contribution >= 4 is 40.8 Å². The third kappa shape index (κ3) is 3.11. The van der Waals surface area contributed by atoms with E-state index in [4.69, 9.17) is 11.6 Å². The third-order valence-electron chi connectivity index (χ3n) is 5.04. The van der Waals surface area contributed by atoms with Gasteiger partial charge in [-0.25, -0.2) is 9.18 Å². The Morgan fingerprint density at radius 1 is 1.21 bits per heavy atom. The molecular weight excluding hydrogens is 395 g/mol. The number of hydrogen-bond donors (Lipinski definition) is 3. The second-order valence-electron chi connectivity index (χ2n) is 6.84. The van der Waals surface area contributed by atoms with E-state index in [9.17, 15) is 19.1 Å². The number of H-pyrrole nitrogens is 1. The summed E-state index contributed by atoms with van der Waals surface area (Å²) in [5.41, 5.74) is 4.85.